The topological polar surface area (TPSA) is 87.5 Å². The number of aromatic nitrogens is 2. The molecule has 3 aliphatic heterocycles. The number of imide groups is 1. The van der Waals surface area contributed by atoms with Gasteiger partial charge in [-0.2, -0.15) is 4.98 Å². The highest BCUT2D eigenvalue weighted by Gasteiger charge is 2.48. The van der Waals surface area contributed by atoms with Crippen LogP contribution in [-0.4, -0.2) is 59.5 Å². The Morgan fingerprint density at radius 3 is 2.40 bits per heavy atom. The molecule has 4 aromatic rings. The van der Waals surface area contributed by atoms with Gasteiger partial charge < -0.3 is 9.80 Å². The number of likely N-dealkylation sites (tertiary alicyclic amines) is 1. The number of anilines is 1. The highest BCUT2D eigenvalue weighted by molar-refractivity contribution is 9.10. The number of halogens is 3. The van der Waals surface area contributed by atoms with Crippen LogP contribution in [0.1, 0.15) is 125 Å². The predicted molar refractivity (Wildman–Crippen MR) is 222 cm³/mol. The van der Waals surface area contributed by atoms with E-state index in [1.54, 1.807) is 6.92 Å². The number of piperidine rings is 1. The van der Waals surface area contributed by atoms with Gasteiger partial charge in [-0.15, -0.1) is 0 Å². The fourth-order valence-electron chi connectivity index (χ4n) is 11.4. The van der Waals surface area contributed by atoms with E-state index in [0.717, 1.165) is 99.9 Å². The summed E-state index contributed by atoms with van der Waals surface area (Å²) in [5.41, 5.74) is 5.37. The zero-order valence-corrected chi connectivity index (χ0v) is 34.4. The van der Waals surface area contributed by atoms with Crippen molar-refractivity contribution in [3.63, 3.8) is 0 Å². The van der Waals surface area contributed by atoms with Crippen molar-refractivity contribution in [3.05, 3.63) is 97.5 Å². The van der Waals surface area contributed by atoms with E-state index in [-0.39, 0.29) is 34.8 Å². The molecule has 1 N–H and O–H groups in total. The molecule has 300 valence electrons. The van der Waals surface area contributed by atoms with Gasteiger partial charge in [0.05, 0.1) is 22.0 Å². The van der Waals surface area contributed by atoms with Crippen molar-refractivity contribution in [2.24, 2.45) is 11.3 Å². The van der Waals surface area contributed by atoms with E-state index in [4.69, 9.17) is 4.98 Å². The van der Waals surface area contributed by atoms with E-state index in [0.29, 0.717) is 29.3 Å². The minimum atomic E-state index is -0.576. The highest BCUT2D eigenvalue weighted by Crippen LogP contribution is 2.53. The van der Waals surface area contributed by atoms with Crippen molar-refractivity contribution in [2.45, 2.75) is 108 Å². The quantitative estimate of drug-likeness (QED) is 0.170. The van der Waals surface area contributed by atoms with E-state index in [2.05, 4.69) is 59.9 Å². The summed E-state index contributed by atoms with van der Waals surface area (Å²) in [5, 5.41) is 2.73. The fourth-order valence-corrected chi connectivity index (χ4v) is 11.9. The summed E-state index contributed by atoms with van der Waals surface area (Å²) in [7, 11) is 0. The first-order chi connectivity index (χ1) is 27.6. The molecule has 1 atom stereocenters. The third kappa shape index (κ3) is 6.94. The summed E-state index contributed by atoms with van der Waals surface area (Å²) in [6.07, 6.45) is 13.2. The van der Waals surface area contributed by atoms with Crippen molar-refractivity contribution in [3.8, 4) is 5.69 Å². The average molecular weight is 841 g/mol. The molecule has 4 heterocycles. The van der Waals surface area contributed by atoms with Crippen molar-refractivity contribution in [2.75, 3.05) is 37.6 Å². The van der Waals surface area contributed by atoms with E-state index in [9.17, 15) is 14.4 Å². The molecule has 5 aliphatic rings. The molecule has 9 rings (SSSR count). The number of nitrogens with zero attached hydrogens (tertiary/aromatic N) is 4. The molecular formula is C46H52BrF2N5O3. The number of fused-ring (bicyclic) bond motifs is 7. The first kappa shape index (κ1) is 38.6. The Labute approximate surface area is 341 Å². The van der Waals surface area contributed by atoms with Gasteiger partial charge in [-0.25, -0.2) is 8.78 Å². The standard InChI is InChI=1S/C46H52BrF2N5O3/c1-29(8-11-40(56)50-28-55)41-36(48)23-33(24-37(41)49)53-26-45(27-53)18-12-30(13-19-45)25-52-20-14-31(15-21-52)32-9-10-34-39(22-32)54-38-7-5-6-35(47)42(38)43(57)51-44(54)46(34)16-3-2-4-17-46/h5-7,9-10,22-24,28-31H,2-4,8,11-21,25-27H2,1H3,(H,50,55,56). The normalized spacial score (nSPS) is 21.0. The lowest BCUT2D eigenvalue weighted by Crippen LogP contribution is -2.58. The van der Waals surface area contributed by atoms with Gasteiger partial charge in [0.25, 0.3) is 5.56 Å². The molecule has 2 spiro atoms. The maximum Gasteiger partial charge on any atom is 0.281 e. The van der Waals surface area contributed by atoms with Gasteiger partial charge in [0.2, 0.25) is 12.3 Å². The van der Waals surface area contributed by atoms with E-state index in [1.165, 1.54) is 48.2 Å². The second-order valence-electron chi connectivity index (χ2n) is 18.0. The molecule has 8 nitrogen and oxygen atoms in total. The number of carbonyl (C=O) groups is 2. The second-order valence-corrected chi connectivity index (χ2v) is 18.8. The number of hydrogen-bond acceptors (Lipinski definition) is 6. The largest absolute Gasteiger partial charge is 0.370 e. The zero-order valence-electron chi connectivity index (χ0n) is 32.8. The van der Waals surface area contributed by atoms with Crippen LogP contribution in [0.25, 0.3) is 16.6 Å². The summed E-state index contributed by atoms with van der Waals surface area (Å²) in [6.45, 7) is 6.70. The van der Waals surface area contributed by atoms with Crippen molar-refractivity contribution >= 4 is 44.8 Å². The van der Waals surface area contributed by atoms with Gasteiger partial charge in [0.15, 0.2) is 0 Å². The summed E-state index contributed by atoms with van der Waals surface area (Å²) in [5.74, 6) is 0.0246. The molecule has 0 radical (unpaired) electrons. The lowest BCUT2D eigenvalue weighted by atomic mass is 9.65. The number of hydrogen-bond donors (Lipinski definition) is 1. The van der Waals surface area contributed by atoms with E-state index < -0.39 is 23.5 Å². The molecule has 2 aliphatic carbocycles. The zero-order chi connectivity index (χ0) is 39.5. The van der Waals surface area contributed by atoms with Crippen LogP contribution in [0.3, 0.4) is 0 Å². The molecule has 1 unspecified atom stereocenters. The molecule has 2 amide bonds. The molecular weight excluding hydrogens is 788 g/mol. The second kappa shape index (κ2) is 15.3. The van der Waals surface area contributed by atoms with Crippen molar-refractivity contribution in [1.29, 1.82) is 0 Å². The molecule has 11 heteroatoms. The Morgan fingerprint density at radius 2 is 1.70 bits per heavy atom. The van der Waals surface area contributed by atoms with Crippen LogP contribution >= 0.6 is 15.9 Å². The first-order valence-corrected chi connectivity index (χ1v) is 21.9. The van der Waals surface area contributed by atoms with Crippen LogP contribution in [0, 0.1) is 23.0 Å². The third-order valence-corrected chi connectivity index (χ3v) is 15.2. The van der Waals surface area contributed by atoms with Crippen LogP contribution in [0.2, 0.25) is 0 Å². The summed E-state index contributed by atoms with van der Waals surface area (Å²) >= 11 is 3.65. The molecule has 2 saturated heterocycles. The van der Waals surface area contributed by atoms with Crippen LogP contribution in [0.4, 0.5) is 14.5 Å². The monoisotopic (exact) mass is 839 g/mol. The van der Waals surface area contributed by atoms with Gasteiger partial charge in [0.1, 0.15) is 17.5 Å². The van der Waals surface area contributed by atoms with E-state index in [1.807, 2.05) is 12.1 Å². The average Bonchev–Trinajstić information content (AvgIpc) is 3.44. The summed E-state index contributed by atoms with van der Waals surface area (Å²) in [6, 6.07) is 16.1. The van der Waals surface area contributed by atoms with Crippen LogP contribution < -0.4 is 15.8 Å². The van der Waals surface area contributed by atoms with Crippen molar-refractivity contribution in [1.82, 2.24) is 19.8 Å². The smallest absolute Gasteiger partial charge is 0.281 e. The fraction of sp³-hybridized carbons (Fsp3) is 0.522. The predicted octanol–water partition coefficient (Wildman–Crippen LogP) is 9.02. The summed E-state index contributed by atoms with van der Waals surface area (Å²) in [4.78, 5) is 45.2. The Kier molecular flexibility index (Phi) is 10.4. The number of carbonyl (C=O) groups excluding carboxylic acids is 2. The molecule has 1 aromatic heterocycles. The maximum absolute atomic E-state index is 15.2. The third-order valence-electron chi connectivity index (χ3n) is 14.5. The Hall–Kier alpha value is -3.96. The van der Waals surface area contributed by atoms with Gasteiger partial charge >= 0.3 is 0 Å². The molecule has 2 saturated carbocycles. The van der Waals surface area contributed by atoms with Crippen LogP contribution in [-0.2, 0) is 15.0 Å². The first-order valence-electron chi connectivity index (χ1n) is 21.1. The lowest BCUT2D eigenvalue weighted by molar-refractivity contribution is -0.125. The Bertz CT molecular complexity index is 2240. The maximum atomic E-state index is 15.2. The van der Waals surface area contributed by atoms with Crippen molar-refractivity contribution < 1.29 is 18.4 Å². The summed E-state index contributed by atoms with van der Waals surface area (Å²) < 4.78 is 33.5. The SMILES string of the molecule is CC(CCC(=O)NC=O)c1c(F)cc(N2CC3(CCC(CN4CCC(c5ccc6c(c5)-n5c(nc(=O)c7c(Br)cccc75)C65CCCCC5)CC4)CC3)C2)cc1F. The van der Waals surface area contributed by atoms with E-state index >= 15 is 8.78 Å². The van der Waals surface area contributed by atoms with Gasteiger partial charge in [0, 0.05) is 47.2 Å². The minimum Gasteiger partial charge on any atom is -0.370 e. The Balaban J connectivity index is 0.804. The molecule has 3 aromatic carbocycles. The van der Waals surface area contributed by atoms with Gasteiger partial charge in [-0.3, -0.25) is 24.3 Å². The number of benzene rings is 3. The minimum absolute atomic E-state index is 0.00160. The van der Waals surface area contributed by atoms with Crippen LogP contribution in [0.15, 0.2) is 57.8 Å². The lowest BCUT2D eigenvalue weighted by Gasteiger charge is -2.55. The number of nitrogens with one attached hydrogen (secondary N) is 1. The van der Waals surface area contributed by atoms with Gasteiger partial charge in [-0.05, 0) is 146 Å². The molecule has 4 fully saturated rings. The van der Waals surface area contributed by atoms with Crippen LogP contribution in [0.5, 0.6) is 0 Å². The molecule has 57 heavy (non-hydrogen) atoms. The molecule has 0 bridgehead atoms. The highest BCUT2D eigenvalue weighted by atomic mass is 79.9. The number of amides is 2. The Morgan fingerprint density at radius 1 is 0.982 bits per heavy atom. The number of rotatable bonds is 9. The van der Waals surface area contributed by atoms with Gasteiger partial charge in [-0.1, -0.05) is 44.4 Å².